The number of hydrogen-bond donors (Lipinski definition) is 1. The summed E-state index contributed by atoms with van der Waals surface area (Å²) < 4.78 is 5.45. The van der Waals surface area contributed by atoms with Gasteiger partial charge in [-0.05, 0) is 41.3 Å². The van der Waals surface area contributed by atoms with E-state index in [0.29, 0.717) is 6.04 Å². The zero-order valence-electron chi connectivity index (χ0n) is 11.8. The van der Waals surface area contributed by atoms with Gasteiger partial charge in [0.05, 0.1) is 7.11 Å². The number of nitrogens with one attached hydrogen (secondary N) is 1. The van der Waals surface area contributed by atoms with Gasteiger partial charge in [-0.3, -0.25) is 0 Å². The molecule has 3 heteroatoms. The van der Waals surface area contributed by atoms with Gasteiger partial charge in [0.1, 0.15) is 5.75 Å². The smallest absolute Gasteiger partial charge is 0.123 e. The number of ether oxygens (including phenoxy) is 1. The summed E-state index contributed by atoms with van der Waals surface area (Å²) in [5.74, 6) is 0.962. The van der Waals surface area contributed by atoms with E-state index in [1.165, 1.54) is 16.7 Å². The van der Waals surface area contributed by atoms with Crippen LogP contribution in [0.5, 0.6) is 5.75 Å². The Kier molecular flexibility index (Phi) is 5.00. The zero-order valence-corrected chi connectivity index (χ0v) is 12.6. The Balaban J connectivity index is 2.10. The van der Waals surface area contributed by atoms with Gasteiger partial charge in [-0.15, -0.1) is 0 Å². The van der Waals surface area contributed by atoms with E-state index in [-0.39, 0.29) is 0 Å². The summed E-state index contributed by atoms with van der Waals surface area (Å²) in [5.41, 5.74) is 3.99. The lowest BCUT2D eigenvalue weighted by atomic mass is 10.0. The maximum absolute atomic E-state index is 5.45. The molecule has 102 valence electrons. The van der Waals surface area contributed by atoms with E-state index in [0.717, 1.165) is 18.7 Å². The first kappa shape index (κ1) is 14.1. The van der Waals surface area contributed by atoms with Crippen LogP contribution < -0.4 is 10.1 Å². The molecule has 1 N–H and O–H groups in total. The molecule has 1 aromatic carbocycles. The molecule has 0 fully saturated rings. The predicted molar refractivity (Wildman–Crippen MR) is 81.9 cm³/mol. The summed E-state index contributed by atoms with van der Waals surface area (Å²) in [6.07, 6.45) is 1.05. The number of hydrogen-bond acceptors (Lipinski definition) is 3. The van der Waals surface area contributed by atoms with E-state index in [4.69, 9.17) is 4.74 Å². The van der Waals surface area contributed by atoms with Crippen LogP contribution in [0.25, 0.3) is 0 Å². The summed E-state index contributed by atoms with van der Waals surface area (Å²) in [5, 5.41) is 8.05. The first-order chi connectivity index (χ1) is 9.26. The van der Waals surface area contributed by atoms with Gasteiger partial charge in [0.25, 0.3) is 0 Å². The van der Waals surface area contributed by atoms with Crippen molar-refractivity contribution in [1.82, 2.24) is 5.32 Å². The average Bonchev–Trinajstić information content (AvgIpc) is 2.85. The van der Waals surface area contributed by atoms with Gasteiger partial charge in [0.15, 0.2) is 0 Å². The molecular weight excluding hydrogens is 254 g/mol. The average molecular weight is 275 g/mol. The fourth-order valence-corrected chi connectivity index (χ4v) is 3.09. The van der Waals surface area contributed by atoms with Gasteiger partial charge in [0.2, 0.25) is 0 Å². The second kappa shape index (κ2) is 6.73. The van der Waals surface area contributed by atoms with Crippen LogP contribution in [0, 0.1) is 6.92 Å². The highest BCUT2D eigenvalue weighted by Gasteiger charge is 2.13. The lowest BCUT2D eigenvalue weighted by Gasteiger charge is -2.20. The molecular formula is C16H21NOS. The molecule has 0 aliphatic heterocycles. The first-order valence-electron chi connectivity index (χ1n) is 6.64. The number of rotatable bonds is 6. The van der Waals surface area contributed by atoms with Gasteiger partial charge < -0.3 is 10.1 Å². The standard InChI is InChI=1S/C16H21NOS/c1-4-15(14-7-5-6-8-16(14)18-3)17-9-13-11-19-10-12(13)2/h5-8,10-11,15,17H,4,9H2,1-3H3. The van der Waals surface area contributed by atoms with Crippen LogP contribution in [0.1, 0.15) is 36.1 Å². The molecule has 0 amide bonds. The van der Waals surface area contributed by atoms with E-state index >= 15 is 0 Å². The Hall–Kier alpha value is -1.32. The quantitative estimate of drug-likeness (QED) is 0.848. The summed E-state index contributed by atoms with van der Waals surface area (Å²) in [4.78, 5) is 0. The minimum absolute atomic E-state index is 0.329. The second-order valence-corrected chi connectivity index (χ2v) is 5.41. The highest BCUT2D eigenvalue weighted by molar-refractivity contribution is 7.08. The number of para-hydroxylation sites is 1. The van der Waals surface area contributed by atoms with Crippen molar-refractivity contribution >= 4 is 11.3 Å². The molecule has 19 heavy (non-hydrogen) atoms. The van der Waals surface area contributed by atoms with Crippen molar-refractivity contribution in [3.05, 3.63) is 51.7 Å². The monoisotopic (exact) mass is 275 g/mol. The number of benzene rings is 1. The predicted octanol–water partition coefficient (Wildman–Crippen LogP) is 4.31. The zero-order chi connectivity index (χ0) is 13.7. The van der Waals surface area contributed by atoms with E-state index < -0.39 is 0 Å². The van der Waals surface area contributed by atoms with Crippen LogP contribution in [0.4, 0.5) is 0 Å². The van der Waals surface area contributed by atoms with Crippen molar-refractivity contribution < 1.29 is 4.74 Å². The SMILES string of the molecule is CCC(NCc1cscc1C)c1ccccc1OC. The number of aryl methyl sites for hydroxylation is 1. The Morgan fingerprint density at radius 2 is 2.05 bits per heavy atom. The maximum Gasteiger partial charge on any atom is 0.123 e. The molecule has 1 heterocycles. The minimum atomic E-state index is 0.329. The van der Waals surface area contributed by atoms with Crippen LogP contribution >= 0.6 is 11.3 Å². The maximum atomic E-state index is 5.45. The molecule has 2 rings (SSSR count). The van der Waals surface area contributed by atoms with Crippen molar-refractivity contribution in [3.8, 4) is 5.75 Å². The highest BCUT2D eigenvalue weighted by atomic mass is 32.1. The fraction of sp³-hybridized carbons (Fsp3) is 0.375. The molecule has 0 saturated heterocycles. The molecule has 1 aromatic heterocycles. The Morgan fingerprint density at radius 3 is 2.68 bits per heavy atom. The van der Waals surface area contributed by atoms with Crippen LogP contribution in [0.2, 0.25) is 0 Å². The molecule has 2 nitrogen and oxygen atoms in total. The number of methoxy groups -OCH3 is 1. The normalized spacial score (nSPS) is 12.4. The molecule has 0 aliphatic carbocycles. The Labute approximate surface area is 119 Å². The molecule has 0 spiro atoms. The van der Waals surface area contributed by atoms with E-state index in [1.807, 2.05) is 12.1 Å². The van der Waals surface area contributed by atoms with Crippen molar-refractivity contribution in [3.63, 3.8) is 0 Å². The van der Waals surface area contributed by atoms with Crippen molar-refractivity contribution in [1.29, 1.82) is 0 Å². The molecule has 0 saturated carbocycles. The minimum Gasteiger partial charge on any atom is -0.496 e. The topological polar surface area (TPSA) is 21.3 Å². The van der Waals surface area contributed by atoms with E-state index in [1.54, 1.807) is 18.4 Å². The third kappa shape index (κ3) is 3.37. The molecule has 2 aromatic rings. The lowest BCUT2D eigenvalue weighted by Crippen LogP contribution is -2.20. The van der Waals surface area contributed by atoms with E-state index in [9.17, 15) is 0 Å². The fourth-order valence-electron chi connectivity index (χ4n) is 2.23. The van der Waals surface area contributed by atoms with Gasteiger partial charge in [-0.1, -0.05) is 25.1 Å². The third-order valence-electron chi connectivity index (χ3n) is 3.42. The van der Waals surface area contributed by atoms with Crippen molar-refractivity contribution in [2.45, 2.75) is 32.9 Å². The molecule has 0 bridgehead atoms. The van der Waals surface area contributed by atoms with E-state index in [2.05, 4.69) is 42.1 Å². The Bertz CT molecular complexity index is 521. The van der Waals surface area contributed by atoms with Crippen LogP contribution in [-0.4, -0.2) is 7.11 Å². The second-order valence-electron chi connectivity index (χ2n) is 4.66. The van der Waals surface area contributed by atoms with Crippen molar-refractivity contribution in [2.75, 3.05) is 7.11 Å². The third-order valence-corrected chi connectivity index (χ3v) is 4.33. The van der Waals surface area contributed by atoms with Gasteiger partial charge in [-0.25, -0.2) is 0 Å². The summed E-state index contributed by atoms with van der Waals surface area (Å²) in [6.45, 7) is 5.27. The van der Waals surface area contributed by atoms with Crippen LogP contribution in [0.3, 0.4) is 0 Å². The molecule has 0 aliphatic rings. The van der Waals surface area contributed by atoms with Crippen molar-refractivity contribution in [2.24, 2.45) is 0 Å². The van der Waals surface area contributed by atoms with Crippen LogP contribution in [-0.2, 0) is 6.54 Å². The van der Waals surface area contributed by atoms with Gasteiger partial charge in [-0.2, -0.15) is 11.3 Å². The largest absolute Gasteiger partial charge is 0.496 e. The lowest BCUT2D eigenvalue weighted by molar-refractivity contribution is 0.396. The number of thiophene rings is 1. The van der Waals surface area contributed by atoms with Crippen LogP contribution in [0.15, 0.2) is 35.0 Å². The summed E-state index contributed by atoms with van der Waals surface area (Å²) >= 11 is 1.76. The first-order valence-corrected chi connectivity index (χ1v) is 7.58. The highest BCUT2D eigenvalue weighted by Crippen LogP contribution is 2.27. The Morgan fingerprint density at radius 1 is 1.26 bits per heavy atom. The summed E-state index contributed by atoms with van der Waals surface area (Å²) in [7, 11) is 1.73. The van der Waals surface area contributed by atoms with Gasteiger partial charge >= 0.3 is 0 Å². The van der Waals surface area contributed by atoms with Gasteiger partial charge in [0, 0.05) is 18.2 Å². The molecule has 0 radical (unpaired) electrons. The molecule has 1 unspecified atom stereocenters. The summed E-state index contributed by atoms with van der Waals surface area (Å²) in [6, 6.07) is 8.57. The molecule has 1 atom stereocenters.